The molecule has 0 spiro atoms. The van der Waals surface area contributed by atoms with Gasteiger partial charge in [-0.3, -0.25) is 14.3 Å². The fourth-order valence-corrected chi connectivity index (χ4v) is 4.39. The molecule has 0 bridgehead atoms. The Balaban J connectivity index is 1.79. The molecule has 1 aliphatic rings. The summed E-state index contributed by atoms with van der Waals surface area (Å²) in [6.07, 6.45) is 5.01. The third-order valence-corrected chi connectivity index (χ3v) is 6.30. The summed E-state index contributed by atoms with van der Waals surface area (Å²) >= 11 is 12.8. The van der Waals surface area contributed by atoms with E-state index in [1.807, 2.05) is 0 Å². The molecule has 11 heteroatoms. The number of aryl methyl sites for hydroxylation is 1. The molecule has 1 fully saturated rings. The number of hydrogen-bond donors (Lipinski definition) is 2. The Morgan fingerprint density at radius 2 is 1.97 bits per heavy atom. The van der Waals surface area contributed by atoms with Gasteiger partial charge in [-0.15, -0.1) is 0 Å². The first-order chi connectivity index (χ1) is 16.4. The number of nitrogens with two attached hydrogens (primary N) is 1. The average Bonchev–Trinajstić information content (AvgIpc) is 3.65. The molecule has 1 aliphatic carbocycles. The van der Waals surface area contributed by atoms with Crippen LogP contribution in [-0.2, 0) is 0 Å². The zero-order valence-corrected chi connectivity index (χ0v) is 19.5. The third-order valence-electron chi connectivity index (χ3n) is 5.68. The van der Waals surface area contributed by atoms with E-state index in [1.165, 1.54) is 4.57 Å². The van der Waals surface area contributed by atoms with Crippen LogP contribution >= 0.6 is 23.2 Å². The molecule has 3 aromatic heterocycles. The number of rotatable bonds is 5. The Hall–Kier alpha value is -3.74. The quantitative estimate of drug-likeness (QED) is 0.422. The lowest BCUT2D eigenvalue weighted by Gasteiger charge is -2.24. The zero-order chi connectivity index (χ0) is 24.0. The minimum atomic E-state index is -0.465. The Kier molecular flexibility index (Phi) is 5.55. The first-order valence-electron chi connectivity index (χ1n) is 10.5. The van der Waals surface area contributed by atoms with Crippen LogP contribution in [0.2, 0.25) is 10.0 Å². The smallest absolute Gasteiger partial charge is 0.267 e. The zero-order valence-electron chi connectivity index (χ0n) is 18.0. The SMILES string of the molecule is Cc1nc(N)c(C#N)c(NC(c2nc3c(Cl)ccc(Cl)c3c(=O)n2-c2cccnc2)C2CC2)n1. The van der Waals surface area contributed by atoms with Crippen LogP contribution in [0.3, 0.4) is 0 Å². The van der Waals surface area contributed by atoms with E-state index in [4.69, 9.17) is 33.9 Å². The van der Waals surface area contributed by atoms with Gasteiger partial charge in [0.2, 0.25) is 0 Å². The van der Waals surface area contributed by atoms with E-state index in [1.54, 1.807) is 43.6 Å². The summed E-state index contributed by atoms with van der Waals surface area (Å²) in [6.45, 7) is 1.69. The van der Waals surface area contributed by atoms with Gasteiger partial charge < -0.3 is 11.1 Å². The van der Waals surface area contributed by atoms with E-state index in [9.17, 15) is 10.1 Å². The van der Waals surface area contributed by atoms with Crippen molar-refractivity contribution in [3.63, 3.8) is 0 Å². The van der Waals surface area contributed by atoms with Gasteiger partial charge in [-0.1, -0.05) is 23.2 Å². The Morgan fingerprint density at radius 3 is 2.65 bits per heavy atom. The minimum Gasteiger partial charge on any atom is -0.382 e. The number of benzene rings is 1. The minimum absolute atomic E-state index is 0.0815. The van der Waals surface area contributed by atoms with Crippen molar-refractivity contribution in [3.05, 3.63) is 74.3 Å². The summed E-state index contributed by atoms with van der Waals surface area (Å²) in [6, 6.07) is 8.28. The number of nitrogens with zero attached hydrogens (tertiary/aromatic N) is 6. The maximum absolute atomic E-state index is 13.8. The van der Waals surface area contributed by atoms with Crippen molar-refractivity contribution < 1.29 is 0 Å². The van der Waals surface area contributed by atoms with Gasteiger partial charge in [0, 0.05) is 6.20 Å². The molecule has 170 valence electrons. The lowest BCUT2D eigenvalue weighted by atomic mass is 10.1. The van der Waals surface area contributed by atoms with E-state index < -0.39 is 6.04 Å². The second-order valence-electron chi connectivity index (χ2n) is 8.03. The number of pyridine rings is 1. The molecule has 0 saturated heterocycles. The summed E-state index contributed by atoms with van der Waals surface area (Å²) in [5.41, 5.74) is 6.57. The third kappa shape index (κ3) is 3.81. The number of halogens is 2. The molecule has 3 heterocycles. The van der Waals surface area contributed by atoms with Gasteiger partial charge in [0.15, 0.2) is 5.82 Å². The number of anilines is 2. The first-order valence-corrected chi connectivity index (χ1v) is 11.3. The number of nitriles is 1. The lowest BCUT2D eigenvalue weighted by molar-refractivity contribution is 0.608. The fraction of sp³-hybridized carbons (Fsp3) is 0.217. The van der Waals surface area contributed by atoms with Crippen molar-refractivity contribution in [1.29, 1.82) is 5.26 Å². The molecule has 3 N–H and O–H groups in total. The van der Waals surface area contributed by atoms with Crippen LogP contribution in [-0.4, -0.2) is 24.5 Å². The van der Waals surface area contributed by atoms with Crippen LogP contribution < -0.4 is 16.6 Å². The van der Waals surface area contributed by atoms with Crippen LogP contribution in [0.4, 0.5) is 11.6 Å². The topological polar surface area (TPSA) is 135 Å². The second-order valence-corrected chi connectivity index (χ2v) is 8.84. The van der Waals surface area contributed by atoms with Crippen LogP contribution in [0, 0.1) is 24.2 Å². The Bertz CT molecular complexity index is 1530. The summed E-state index contributed by atoms with van der Waals surface area (Å²) < 4.78 is 1.48. The highest BCUT2D eigenvalue weighted by Crippen LogP contribution is 2.43. The largest absolute Gasteiger partial charge is 0.382 e. The van der Waals surface area contributed by atoms with Crippen molar-refractivity contribution in [2.45, 2.75) is 25.8 Å². The van der Waals surface area contributed by atoms with E-state index >= 15 is 0 Å². The molecular weight excluding hydrogens is 475 g/mol. The van der Waals surface area contributed by atoms with Gasteiger partial charge in [0.25, 0.3) is 5.56 Å². The van der Waals surface area contributed by atoms with Crippen molar-refractivity contribution in [2.24, 2.45) is 5.92 Å². The van der Waals surface area contributed by atoms with E-state index in [2.05, 4.69) is 26.3 Å². The van der Waals surface area contributed by atoms with Gasteiger partial charge >= 0.3 is 0 Å². The Labute approximate surface area is 204 Å². The highest BCUT2D eigenvalue weighted by atomic mass is 35.5. The van der Waals surface area contributed by atoms with Gasteiger partial charge in [0.05, 0.1) is 38.9 Å². The maximum atomic E-state index is 13.8. The van der Waals surface area contributed by atoms with Crippen LogP contribution in [0.1, 0.15) is 36.1 Å². The molecule has 9 nitrogen and oxygen atoms in total. The monoisotopic (exact) mass is 492 g/mol. The number of nitrogen functional groups attached to an aromatic ring is 1. The molecule has 0 amide bonds. The summed E-state index contributed by atoms with van der Waals surface area (Å²) in [5.74, 6) is 1.34. The van der Waals surface area contributed by atoms with Crippen molar-refractivity contribution in [2.75, 3.05) is 11.1 Å². The summed E-state index contributed by atoms with van der Waals surface area (Å²) in [5, 5.41) is 13.8. The fourth-order valence-electron chi connectivity index (χ4n) is 3.96. The predicted octanol–water partition coefficient (Wildman–Crippen LogP) is 4.20. The maximum Gasteiger partial charge on any atom is 0.267 e. The average molecular weight is 493 g/mol. The highest BCUT2D eigenvalue weighted by Gasteiger charge is 2.37. The highest BCUT2D eigenvalue weighted by molar-refractivity contribution is 6.39. The second kappa shape index (κ2) is 8.56. The molecule has 1 atom stereocenters. The van der Waals surface area contributed by atoms with Crippen molar-refractivity contribution in [1.82, 2.24) is 24.5 Å². The van der Waals surface area contributed by atoms with E-state index in [0.717, 1.165) is 12.8 Å². The summed E-state index contributed by atoms with van der Waals surface area (Å²) in [4.78, 5) is 31.3. The van der Waals surface area contributed by atoms with Crippen molar-refractivity contribution in [3.8, 4) is 11.8 Å². The molecule has 5 rings (SSSR count). The number of nitrogens with one attached hydrogen (secondary N) is 1. The molecule has 1 aromatic carbocycles. The summed E-state index contributed by atoms with van der Waals surface area (Å²) in [7, 11) is 0. The van der Waals surface area contributed by atoms with Gasteiger partial charge in [-0.2, -0.15) is 5.26 Å². The molecule has 0 radical (unpaired) electrons. The molecule has 0 aliphatic heterocycles. The van der Waals surface area contributed by atoms with Gasteiger partial charge in [-0.05, 0) is 49.9 Å². The van der Waals surface area contributed by atoms with Crippen molar-refractivity contribution >= 4 is 45.7 Å². The van der Waals surface area contributed by atoms with Crippen LogP contribution in [0.5, 0.6) is 0 Å². The molecule has 34 heavy (non-hydrogen) atoms. The lowest BCUT2D eigenvalue weighted by Crippen LogP contribution is -2.30. The van der Waals surface area contributed by atoms with E-state index in [0.29, 0.717) is 27.9 Å². The molecular formula is C23H18Cl2N8O. The normalized spacial score (nSPS) is 14.1. The predicted molar refractivity (Wildman–Crippen MR) is 130 cm³/mol. The molecule has 1 saturated carbocycles. The number of hydrogen-bond acceptors (Lipinski definition) is 8. The number of fused-ring (bicyclic) bond motifs is 1. The van der Waals surface area contributed by atoms with Gasteiger partial charge in [-0.25, -0.2) is 15.0 Å². The number of aromatic nitrogens is 5. The Morgan fingerprint density at radius 1 is 1.21 bits per heavy atom. The molecule has 4 aromatic rings. The van der Waals surface area contributed by atoms with Crippen LogP contribution in [0.15, 0.2) is 41.5 Å². The standard InChI is InChI=1S/C23H18Cl2N8O/c1-11-29-20(27)14(9-26)21(30-11)31-18(12-4-5-12)22-32-19-16(25)7-6-15(24)17(19)23(34)33(22)13-3-2-8-28-10-13/h2-3,6-8,10,12,18H,4-5H2,1H3,(H3,27,29,30,31). The van der Waals surface area contributed by atoms with Crippen LogP contribution in [0.25, 0.3) is 16.6 Å². The molecule has 1 unspecified atom stereocenters. The van der Waals surface area contributed by atoms with E-state index in [-0.39, 0.29) is 39.1 Å². The first kappa shape index (κ1) is 22.1. The van der Waals surface area contributed by atoms with Gasteiger partial charge in [0.1, 0.15) is 29.1 Å².